The minimum absolute atomic E-state index is 0.0478. The fourth-order valence-corrected chi connectivity index (χ4v) is 1.10. The lowest BCUT2D eigenvalue weighted by molar-refractivity contribution is -0.113. The topological polar surface area (TPSA) is 29.1 Å². The fourth-order valence-electron chi connectivity index (χ4n) is 0.967. The molecule has 1 amide bonds. The molecule has 0 fully saturated rings. The van der Waals surface area contributed by atoms with E-state index in [0.717, 1.165) is 5.56 Å². The van der Waals surface area contributed by atoms with Gasteiger partial charge in [-0.2, -0.15) is 0 Å². The number of carbonyl (C=O) groups is 1. The van der Waals surface area contributed by atoms with Crippen LogP contribution < -0.4 is 5.32 Å². The maximum Gasteiger partial charge on any atom is 0.239 e. The van der Waals surface area contributed by atoms with Gasteiger partial charge >= 0.3 is 0 Å². The fraction of sp³-hybridized carbons (Fsp3) is 0.182. The molecule has 1 aromatic rings. The molecule has 2 nitrogen and oxygen atoms in total. The summed E-state index contributed by atoms with van der Waals surface area (Å²) in [6.07, 6.45) is 0. The van der Waals surface area contributed by atoms with Crippen LogP contribution in [0.3, 0.4) is 0 Å². The van der Waals surface area contributed by atoms with Crippen LogP contribution in [-0.4, -0.2) is 17.7 Å². The second-order valence-electron chi connectivity index (χ2n) is 2.69. The van der Waals surface area contributed by atoms with Crippen molar-refractivity contribution in [2.24, 2.45) is 0 Å². The van der Waals surface area contributed by atoms with Crippen molar-refractivity contribution in [3.63, 3.8) is 0 Å². The Hall–Kier alpha value is -1.17. The second kappa shape index (κ2) is 6.34. The molecule has 78 valence electrons. The number of carbonyl (C=O) groups excluding carboxylic acids is 1. The Morgan fingerprint density at radius 2 is 1.93 bits per heavy atom. The van der Waals surface area contributed by atoms with Gasteiger partial charge in [0.2, 0.25) is 5.91 Å². The van der Waals surface area contributed by atoms with Gasteiger partial charge in [0.1, 0.15) is 5.88 Å². The molecular formula is C11H9Cl2NO. The first-order chi connectivity index (χ1) is 7.26. The van der Waals surface area contributed by atoms with Crippen molar-refractivity contribution in [1.29, 1.82) is 0 Å². The maximum atomic E-state index is 10.9. The third kappa shape index (κ3) is 4.24. The van der Waals surface area contributed by atoms with E-state index in [1.165, 1.54) is 0 Å². The lowest BCUT2D eigenvalue weighted by Gasteiger charge is -2.01. The Balaban J connectivity index is 2.68. The summed E-state index contributed by atoms with van der Waals surface area (Å²) in [5.41, 5.74) is 1.57. The summed E-state index contributed by atoms with van der Waals surface area (Å²) in [7, 11) is 0. The van der Waals surface area contributed by atoms with Crippen LogP contribution in [0.25, 0.3) is 0 Å². The van der Waals surface area contributed by atoms with Crippen molar-refractivity contribution in [3.05, 3.63) is 29.8 Å². The van der Waals surface area contributed by atoms with Gasteiger partial charge in [-0.3, -0.25) is 4.79 Å². The van der Waals surface area contributed by atoms with E-state index in [9.17, 15) is 4.79 Å². The first-order valence-corrected chi connectivity index (χ1v) is 5.34. The van der Waals surface area contributed by atoms with Crippen LogP contribution in [0.5, 0.6) is 0 Å². The number of anilines is 1. The van der Waals surface area contributed by atoms with Gasteiger partial charge in [-0.15, -0.1) is 23.2 Å². The highest BCUT2D eigenvalue weighted by atomic mass is 35.5. The molecule has 0 aromatic heterocycles. The highest BCUT2D eigenvalue weighted by Crippen LogP contribution is 2.08. The SMILES string of the molecule is O=C(CCl)Nc1ccc(C#CCCl)cc1. The molecule has 0 saturated carbocycles. The van der Waals surface area contributed by atoms with Crippen LogP contribution >= 0.6 is 23.2 Å². The number of rotatable bonds is 2. The number of hydrogen-bond acceptors (Lipinski definition) is 1. The summed E-state index contributed by atoms with van der Waals surface area (Å²) in [5.74, 6) is 5.65. The zero-order valence-corrected chi connectivity index (χ0v) is 9.40. The molecule has 0 aliphatic heterocycles. The first kappa shape index (κ1) is 11.9. The molecule has 1 N–H and O–H groups in total. The molecule has 0 saturated heterocycles. The zero-order chi connectivity index (χ0) is 11.1. The van der Waals surface area contributed by atoms with Gasteiger partial charge in [-0.25, -0.2) is 0 Å². The minimum Gasteiger partial charge on any atom is -0.325 e. The predicted octanol–water partition coefficient (Wildman–Crippen LogP) is 2.45. The molecule has 15 heavy (non-hydrogen) atoms. The van der Waals surface area contributed by atoms with Crippen LogP contribution in [0.4, 0.5) is 5.69 Å². The van der Waals surface area contributed by atoms with Crippen LogP contribution in [0.2, 0.25) is 0 Å². The van der Waals surface area contributed by atoms with Crippen molar-refractivity contribution in [3.8, 4) is 11.8 Å². The Morgan fingerprint density at radius 1 is 1.27 bits per heavy atom. The van der Waals surface area contributed by atoms with E-state index < -0.39 is 0 Å². The van der Waals surface area contributed by atoms with Crippen LogP contribution in [0.1, 0.15) is 5.56 Å². The van der Waals surface area contributed by atoms with Crippen molar-refractivity contribution in [2.45, 2.75) is 0 Å². The van der Waals surface area contributed by atoms with E-state index in [1.54, 1.807) is 12.1 Å². The quantitative estimate of drug-likeness (QED) is 0.626. The minimum atomic E-state index is -0.226. The summed E-state index contributed by atoms with van der Waals surface area (Å²) >= 11 is 10.8. The third-order valence-electron chi connectivity index (χ3n) is 1.59. The first-order valence-electron chi connectivity index (χ1n) is 4.27. The summed E-state index contributed by atoms with van der Waals surface area (Å²) in [5, 5.41) is 2.63. The molecule has 4 heteroatoms. The Bertz CT molecular complexity index is 389. The monoisotopic (exact) mass is 241 g/mol. The number of alkyl halides is 2. The molecule has 0 aliphatic carbocycles. The van der Waals surface area contributed by atoms with Crippen molar-refractivity contribution < 1.29 is 4.79 Å². The average Bonchev–Trinajstić information content (AvgIpc) is 2.28. The van der Waals surface area contributed by atoms with Gasteiger partial charge in [0.25, 0.3) is 0 Å². The van der Waals surface area contributed by atoms with E-state index in [-0.39, 0.29) is 11.8 Å². The van der Waals surface area contributed by atoms with Gasteiger partial charge in [-0.1, -0.05) is 11.8 Å². The predicted molar refractivity (Wildman–Crippen MR) is 63.4 cm³/mol. The third-order valence-corrected chi connectivity index (χ3v) is 1.97. The molecule has 0 spiro atoms. The van der Waals surface area contributed by atoms with Crippen LogP contribution in [0.15, 0.2) is 24.3 Å². The summed E-state index contributed by atoms with van der Waals surface area (Å²) in [6.45, 7) is 0. The van der Waals surface area contributed by atoms with Crippen LogP contribution in [0, 0.1) is 11.8 Å². The molecule has 0 aliphatic rings. The molecule has 1 aromatic carbocycles. The molecule has 0 heterocycles. The number of amides is 1. The lowest BCUT2D eigenvalue weighted by Crippen LogP contribution is -2.12. The highest BCUT2D eigenvalue weighted by Gasteiger charge is 1.98. The van der Waals surface area contributed by atoms with E-state index in [4.69, 9.17) is 23.2 Å². The van der Waals surface area contributed by atoms with E-state index in [1.807, 2.05) is 12.1 Å². The van der Waals surface area contributed by atoms with Crippen molar-refractivity contribution >= 4 is 34.8 Å². The molecule has 0 radical (unpaired) electrons. The number of halogens is 2. The Labute approximate surface area is 98.6 Å². The number of nitrogens with one attached hydrogen (secondary N) is 1. The van der Waals surface area contributed by atoms with Crippen LogP contribution in [-0.2, 0) is 4.79 Å². The summed E-state index contributed by atoms with van der Waals surface area (Å²) in [6, 6.07) is 7.15. The average molecular weight is 242 g/mol. The maximum absolute atomic E-state index is 10.9. The molecule has 0 bridgehead atoms. The van der Waals surface area contributed by atoms with E-state index >= 15 is 0 Å². The second-order valence-corrected chi connectivity index (χ2v) is 3.23. The van der Waals surface area contributed by atoms with Gasteiger partial charge in [0.05, 0.1) is 5.88 Å². The normalized spacial score (nSPS) is 8.93. The summed E-state index contributed by atoms with van der Waals surface area (Å²) < 4.78 is 0. The Kier molecular flexibility index (Phi) is 5.03. The van der Waals surface area contributed by atoms with Crippen molar-refractivity contribution in [1.82, 2.24) is 0 Å². The standard InChI is InChI=1S/C11H9Cl2NO/c12-7-1-2-9-3-5-10(6-4-9)14-11(15)8-13/h3-6H,7-8H2,(H,14,15). The summed E-state index contributed by atoms with van der Waals surface area (Å²) in [4.78, 5) is 10.9. The lowest BCUT2D eigenvalue weighted by atomic mass is 10.2. The van der Waals surface area contributed by atoms with Gasteiger partial charge in [0, 0.05) is 11.3 Å². The smallest absolute Gasteiger partial charge is 0.239 e. The van der Waals surface area contributed by atoms with E-state index in [0.29, 0.717) is 11.6 Å². The number of benzene rings is 1. The van der Waals surface area contributed by atoms with Gasteiger partial charge in [0.15, 0.2) is 0 Å². The number of hydrogen-bond donors (Lipinski definition) is 1. The highest BCUT2D eigenvalue weighted by molar-refractivity contribution is 6.29. The molecular weight excluding hydrogens is 233 g/mol. The van der Waals surface area contributed by atoms with Gasteiger partial charge in [-0.05, 0) is 24.3 Å². The Morgan fingerprint density at radius 3 is 2.47 bits per heavy atom. The van der Waals surface area contributed by atoms with Crippen molar-refractivity contribution in [2.75, 3.05) is 17.1 Å². The zero-order valence-electron chi connectivity index (χ0n) is 7.89. The van der Waals surface area contributed by atoms with E-state index in [2.05, 4.69) is 17.2 Å². The largest absolute Gasteiger partial charge is 0.325 e. The molecule has 0 atom stereocenters. The molecule has 1 rings (SSSR count). The molecule has 0 unspecified atom stereocenters. The van der Waals surface area contributed by atoms with Gasteiger partial charge < -0.3 is 5.32 Å².